The maximum absolute atomic E-state index is 12.2. The van der Waals surface area contributed by atoms with Crippen LogP contribution < -0.4 is 0 Å². The lowest BCUT2D eigenvalue weighted by atomic mass is 10.5. The summed E-state index contributed by atoms with van der Waals surface area (Å²) in [7, 11) is -0.0231. The summed E-state index contributed by atoms with van der Waals surface area (Å²) in [5.74, 6) is -0.290. The number of carbonyl (C=O) groups is 2. The Labute approximate surface area is 153 Å². The summed E-state index contributed by atoms with van der Waals surface area (Å²) in [5, 5.41) is 8.70. The number of nitrogens with zero attached hydrogens (tertiary/aromatic N) is 4. The summed E-state index contributed by atoms with van der Waals surface area (Å²) in [6.45, 7) is 3.92. The molecule has 0 aromatic carbocycles. The molecular formula is C12H17N4O6PS2. The Morgan fingerprint density at radius 2 is 1.96 bits per heavy atom. The van der Waals surface area contributed by atoms with Crippen LogP contribution in [0.15, 0.2) is 22.9 Å². The first-order valence-corrected chi connectivity index (χ1v) is 10.2. The molecule has 2 amide bonds. The quantitative estimate of drug-likeness (QED) is 0.352. The van der Waals surface area contributed by atoms with Crippen LogP contribution in [0.4, 0.5) is 0 Å². The minimum Gasteiger partial charge on any atom is -0.290 e. The summed E-state index contributed by atoms with van der Waals surface area (Å²) in [5.41, 5.74) is -1.13. The molecule has 0 N–H and O–H groups in total. The monoisotopic (exact) mass is 408 g/mol. The zero-order chi connectivity index (χ0) is 18.6. The molecule has 2 rings (SSSR count). The van der Waals surface area contributed by atoms with Crippen molar-refractivity contribution in [3.05, 3.63) is 12.7 Å². The topological polar surface area (TPSA) is 110 Å². The van der Waals surface area contributed by atoms with Crippen LogP contribution in [-0.2, 0) is 27.7 Å². The minimum atomic E-state index is -3.81. The summed E-state index contributed by atoms with van der Waals surface area (Å²) in [6, 6.07) is 0. The van der Waals surface area contributed by atoms with Crippen LogP contribution in [0.3, 0.4) is 0 Å². The van der Waals surface area contributed by atoms with Crippen LogP contribution in [0.1, 0.15) is 0 Å². The van der Waals surface area contributed by atoms with Crippen molar-refractivity contribution in [2.24, 2.45) is 10.2 Å². The van der Waals surface area contributed by atoms with Crippen LogP contribution in [0.2, 0.25) is 0 Å². The van der Waals surface area contributed by atoms with Gasteiger partial charge in [0.25, 0.3) is 5.91 Å². The first-order chi connectivity index (χ1) is 11.8. The number of phosphoric ester groups is 1. The molecule has 0 spiro atoms. The SMILES string of the molecule is C=CCN1C(=O)CSC1=NN=C1SC(OP(=O)(OC)OC)C(=O)N1C. The van der Waals surface area contributed by atoms with Crippen LogP contribution in [0, 0.1) is 0 Å². The fourth-order valence-electron chi connectivity index (χ4n) is 1.78. The molecule has 138 valence electrons. The molecule has 13 heteroatoms. The molecule has 2 aliphatic heterocycles. The maximum atomic E-state index is 12.2. The van der Waals surface area contributed by atoms with E-state index in [1.807, 2.05) is 0 Å². The van der Waals surface area contributed by atoms with Gasteiger partial charge in [0.05, 0.1) is 5.75 Å². The van der Waals surface area contributed by atoms with E-state index in [-0.39, 0.29) is 16.8 Å². The van der Waals surface area contributed by atoms with Crippen LogP contribution in [0.25, 0.3) is 0 Å². The smallest absolute Gasteiger partial charge is 0.290 e. The maximum Gasteiger partial charge on any atom is 0.475 e. The van der Waals surface area contributed by atoms with E-state index in [0.29, 0.717) is 11.7 Å². The molecule has 25 heavy (non-hydrogen) atoms. The van der Waals surface area contributed by atoms with Gasteiger partial charge in [0.2, 0.25) is 11.3 Å². The predicted molar refractivity (Wildman–Crippen MR) is 96.1 cm³/mol. The Balaban J connectivity index is 2.15. The molecular weight excluding hydrogens is 391 g/mol. The second kappa shape index (κ2) is 8.47. The fraction of sp³-hybridized carbons (Fsp3) is 0.500. The Hall–Kier alpha value is -1.17. The van der Waals surface area contributed by atoms with E-state index in [0.717, 1.165) is 26.0 Å². The van der Waals surface area contributed by atoms with Gasteiger partial charge in [-0.15, -0.1) is 16.8 Å². The number of amidine groups is 2. The molecule has 0 radical (unpaired) electrons. The summed E-state index contributed by atoms with van der Waals surface area (Å²) in [6.07, 6.45) is 1.59. The third kappa shape index (κ3) is 4.52. The highest BCUT2D eigenvalue weighted by molar-refractivity contribution is 8.15. The Bertz CT molecular complexity index is 677. The second-order valence-corrected chi connectivity index (χ2v) is 8.42. The van der Waals surface area contributed by atoms with E-state index in [9.17, 15) is 14.2 Å². The number of hydrogen-bond donors (Lipinski definition) is 0. The lowest BCUT2D eigenvalue weighted by Gasteiger charge is -2.15. The molecule has 0 saturated carbocycles. The van der Waals surface area contributed by atoms with E-state index in [4.69, 9.17) is 4.52 Å². The Kier molecular flexibility index (Phi) is 6.83. The van der Waals surface area contributed by atoms with Crippen molar-refractivity contribution in [1.29, 1.82) is 0 Å². The molecule has 2 saturated heterocycles. The first-order valence-electron chi connectivity index (χ1n) is 6.89. The second-order valence-electron chi connectivity index (χ2n) is 4.61. The molecule has 0 aromatic rings. The third-order valence-corrected chi connectivity index (χ3v) is 6.63. The highest BCUT2D eigenvalue weighted by Crippen LogP contribution is 2.51. The zero-order valence-electron chi connectivity index (χ0n) is 13.8. The van der Waals surface area contributed by atoms with Crippen molar-refractivity contribution in [2.75, 3.05) is 33.6 Å². The highest BCUT2D eigenvalue weighted by Gasteiger charge is 2.42. The third-order valence-electron chi connectivity index (χ3n) is 3.09. The number of amides is 2. The number of likely N-dealkylation sites (N-methyl/N-ethyl adjacent to an activating group) is 1. The summed E-state index contributed by atoms with van der Waals surface area (Å²) < 4.78 is 26.5. The van der Waals surface area contributed by atoms with Gasteiger partial charge in [0.1, 0.15) is 0 Å². The van der Waals surface area contributed by atoms with Crippen molar-refractivity contribution in [3.8, 4) is 0 Å². The molecule has 2 heterocycles. The van der Waals surface area contributed by atoms with Crippen molar-refractivity contribution in [2.45, 2.75) is 5.44 Å². The summed E-state index contributed by atoms with van der Waals surface area (Å²) >= 11 is 2.16. The van der Waals surface area contributed by atoms with Gasteiger partial charge in [-0.1, -0.05) is 17.8 Å². The van der Waals surface area contributed by atoms with Gasteiger partial charge in [0, 0.05) is 27.8 Å². The Morgan fingerprint density at radius 1 is 1.32 bits per heavy atom. The average Bonchev–Trinajstić information content (AvgIpc) is 3.08. The highest BCUT2D eigenvalue weighted by atomic mass is 32.2. The van der Waals surface area contributed by atoms with Gasteiger partial charge < -0.3 is 0 Å². The Morgan fingerprint density at radius 3 is 2.56 bits per heavy atom. The molecule has 2 fully saturated rings. The van der Waals surface area contributed by atoms with Gasteiger partial charge in [-0.25, -0.2) is 4.57 Å². The van der Waals surface area contributed by atoms with Crippen molar-refractivity contribution < 1.29 is 27.7 Å². The lowest BCUT2D eigenvalue weighted by molar-refractivity contribution is -0.129. The van der Waals surface area contributed by atoms with Gasteiger partial charge in [-0.05, 0) is 11.8 Å². The fourth-order valence-corrected chi connectivity index (χ4v) is 4.54. The lowest BCUT2D eigenvalue weighted by Crippen LogP contribution is -2.30. The molecule has 2 aliphatic rings. The molecule has 0 aromatic heterocycles. The van der Waals surface area contributed by atoms with Crippen molar-refractivity contribution >= 4 is 53.5 Å². The van der Waals surface area contributed by atoms with Crippen molar-refractivity contribution in [1.82, 2.24) is 9.80 Å². The van der Waals surface area contributed by atoms with E-state index in [1.165, 1.54) is 28.6 Å². The average molecular weight is 408 g/mol. The van der Waals surface area contributed by atoms with E-state index in [2.05, 4.69) is 25.8 Å². The standard InChI is InChI=1S/C12H17N4O6PS2/c1-5-6-16-8(17)7-24-12(16)14-13-11-15(2)9(18)10(25-11)22-23(19,20-3)21-4/h5,10H,1,6-7H2,2-4H3. The van der Waals surface area contributed by atoms with Gasteiger partial charge in [0.15, 0.2) is 10.3 Å². The summed E-state index contributed by atoms with van der Waals surface area (Å²) in [4.78, 5) is 26.6. The van der Waals surface area contributed by atoms with E-state index >= 15 is 0 Å². The van der Waals surface area contributed by atoms with Gasteiger partial charge in [-0.2, -0.15) is 0 Å². The van der Waals surface area contributed by atoms with Gasteiger partial charge >= 0.3 is 7.82 Å². The number of carbonyl (C=O) groups excluding carboxylic acids is 2. The van der Waals surface area contributed by atoms with Crippen molar-refractivity contribution in [3.63, 3.8) is 0 Å². The van der Waals surface area contributed by atoms with Crippen LogP contribution in [0.5, 0.6) is 0 Å². The van der Waals surface area contributed by atoms with Crippen LogP contribution in [-0.4, -0.2) is 71.0 Å². The molecule has 1 atom stereocenters. The first kappa shape index (κ1) is 20.1. The number of hydrogen-bond acceptors (Lipinski definition) is 10. The molecule has 10 nitrogen and oxygen atoms in total. The van der Waals surface area contributed by atoms with Gasteiger partial charge in [-0.3, -0.25) is 33.0 Å². The molecule has 0 aliphatic carbocycles. The predicted octanol–water partition coefficient (Wildman–Crippen LogP) is 1.32. The number of phosphoric acid groups is 1. The normalized spacial score (nSPS) is 24.8. The number of thioether (sulfide) groups is 2. The molecule has 0 bridgehead atoms. The minimum absolute atomic E-state index is 0.0882. The van der Waals surface area contributed by atoms with E-state index < -0.39 is 19.2 Å². The molecule has 1 unspecified atom stereocenters. The van der Waals surface area contributed by atoms with Crippen LogP contribution >= 0.6 is 31.3 Å². The largest absolute Gasteiger partial charge is 0.475 e. The number of rotatable bonds is 7. The van der Waals surface area contributed by atoms with E-state index in [1.54, 1.807) is 6.08 Å². The zero-order valence-corrected chi connectivity index (χ0v) is 16.3.